The van der Waals surface area contributed by atoms with E-state index in [9.17, 15) is 9.59 Å². The van der Waals surface area contributed by atoms with Gasteiger partial charge in [0.05, 0.1) is 13.2 Å². The number of carbonyl (C=O) groups excluding carboxylic acids is 2. The second-order valence-electron chi connectivity index (χ2n) is 5.77. The number of hydrogen-bond donors (Lipinski definition) is 2. The number of rotatable bonds is 6. The minimum Gasteiger partial charge on any atom is -0.493 e. The molecule has 6 heteroatoms. The average molecular weight is 340 g/mol. The van der Waals surface area contributed by atoms with Gasteiger partial charge in [0.15, 0.2) is 0 Å². The number of amides is 2. The molecule has 1 unspecified atom stereocenters. The molecule has 1 heterocycles. The predicted molar refractivity (Wildman–Crippen MR) is 92.3 cm³/mol. The third-order valence-electron chi connectivity index (χ3n) is 3.95. The summed E-state index contributed by atoms with van der Waals surface area (Å²) in [5, 5.41) is 5.25. The van der Waals surface area contributed by atoms with Crippen molar-refractivity contribution in [2.24, 2.45) is 0 Å². The van der Waals surface area contributed by atoms with Crippen molar-refractivity contribution < 1.29 is 19.1 Å². The Morgan fingerprint density at radius 2 is 1.80 bits per heavy atom. The number of ether oxygens (including phenoxy) is 2. The molecule has 0 bridgehead atoms. The number of nitrogens with one attached hydrogen (secondary N) is 2. The first kappa shape index (κ1) is 16.8. The van der Waals surface area contributed by atoms with Crippen LogP contribution in [0.25, 0.3) is 0 Å². The minimum atomic E-state index is -0.617. The molecule has 2 N–H and O–H groups in total. The molecular formula is C19H20N2O4. The van der Waals surface area contributed by atoms with Crippen LogP contribution >= 0.6 is 0 Å². The summed E-state index contributed by atoms with van der Waals surface area (Å²) in [5.74, 6) is 0.732. The Morgan fingerprint density at radius 3 is 2.64 bits per heavy atom. The van der Waals surface area contributed by atoms with Crippen LogP contribution < -0.4 is 15.4 Å². The molecule has 0 aliphatic carbocycles. The molecule has 1 aliphatic heterocycles. The van der Waals surface area contributed by atoms with Gasteiger partial charge in [-0.25, -0.2) is 4.79 Å². The van der Waals surface area contributed by atoms with Crippen LogP contribution in [-0.2, 0) is 16.1 Å². The van der Waals surface area contributed by atoms with Gasteiger partial charge in [-0.15, -0.1) is 0 Å². The first-order valence-corrected chi connectivity index (χ1v) is 8.15. The maximum atomic E-state index is 11.9. The van der Waals surface area contributed by atoms with E-state index in [-0.39, 0.29) is 25.0 Å². The normalized spacial score (nSPS) is 15.0. The summed E-state index contributed by atoms with van der Waals surface area (Å²) in [6, 6.07) is 17.1. The predicted octanol–water partition coefficient (Wildman–Crippen LogP) is 2.21. The highest BCUT2D eigenvalue weighted by Crippen LogP contribution is 2.32. The van der Waals surface area contributed by atoms with Gasteiger partial charge in [0.1, 0.15) is 12.4 Å². The Balaban J connectivity index is 1.35. The smallest absolute Gasteiger partial charge is 0.407 e. The first-order chi connectivity index (χ1) is 12.2. The average Bonchev–Trinajstić information content (AvgIpc) is 3.07. The lowest BCUT2D eigenvalue weighted by molar-refractivity contribution is -0.120. The van der Waals surface area contributed by atoms with Crippen molar-refractivity contribution in [1.82, 2.24) is 10.6 Å². The summed E-state index contributed by atoms with van der Waals surface area (Å²) >= 11 is 0. The van der Waals surface area contributed by atoms with Crippen molar-refractivity contribution in [3.05, 3.63) is 65.7 Å². The Labute approximate surface area is 146 Å². The van der Waals surface area contributed by atoms with E-state index in [1.54, 1.807) is 0 Å². The summed E-state index contributed by atoms with van der Waals surface area (Å²) in [6.07, 6.45) is -0.617. The molecule has 0 saturated heterocycles. The van der Waals surface area contributed by atoms with Crippen molar-refractivity contribution in [2.75, 3.05) is 19.7 Å². The fourth-order valence-corrected chi connectivity index (χ4v) is 2.62. The highest BCUT2D eigenvalue weighted by atomic mass is 16.5. The van der Waals surface area contributed by atoms with E-state index in [2.05, 4.69) is 10.6 Å². The van der Waals surface area contributed by atoms with Gasteiger partial charge in [0.2, 0.25) is 5.91 Å². The minimum absolute atomic E-state index is 0.122. The zero-order valence-electron chi connectivity index (χ0n) is 13.7. The molecule has 2 aromatic rings. The van der Waals surface area contributed by atoms with Crippen molar-refractivity contribution in [3.63, 3.8) is 0 Å². The quantitative estimate of drug-likeness (QED) is 0.845. The third-order valence-corrected chi connectivity index (χ3v) is 3.95. The molecule has 0 spiro atoms. The van der Waals surface area contributed by atoms with E-state index < -0.39 is 6.09 Å². The molecule has 0 saturated carbocycles. The molecule has 1 atom stereocenters. The number of hydrogen-bond acceptors (Lipinski definition) is 4. The van der Waals surface area contributed by atoms with E-state index in [1.807, 2.05) is 54.6 Å². The van der Waals surface area contributed by atoms with Crippen LogP contribution in [0.2, 0.25) is 0 Å². The zero-order valence-corrected chi connectivity index (χ0v) is 13.7. The lowest BCUT2D eigenvalue weighted by atomic mass is 10.0. The third kappa shape index (κ3) is 4.73. The summed E-state index contributed by atoms with van der Waals surface area (Å²) in [7, 11) is 0. The molecule has 130 valence electrons. The molecule has 2 aromatic carbocycles. The van der Waals surface area contributed by atoms with E-state index in [1.165, 1.54) is 0 Å². The van der Waals surface area contributed by atoms with Gasteiger partial charge in [0.25, 0.3) is 0 Å². The van der Waals surface area contributed by atoms with Crippen LogP contribution in [0, 0.1) is 0 Å². The molecule has 2 amide bonds. The second kappa shape index (κ2) is 8.19. The number of para-hydroxylation sites is 1. The number of fused-ring (bicyclic) bond motifs is 1. The SMILES string of the molecule is O=C(CNC(=O)OCc1ccccc1)NCC1COc2ccccc21. The lowest BCUT2D eigenvalue weighted by Gasteiger charge is -2.11. The van der Waals surface area contributed by atoms with Gasteiger partial charge in [-0.1, -0.05) is 48.5 Å². The Hall–Kier alpha value is -3.02. The van der Waals surface area contributed by atoms with Crippen molar-refractivity contribution >= 4 is 12.0 Å². The van der Waals surface area contributed by atoms with Crippen LogP contribution in [0.1, 0.15) is 17.0 Å². The van der Waals surface area contributed by atoms with Gasteiger partial charge >= 0.3 is 6.09 Å². The number of carbonyl (C=O) groups is 2. The van der Waals surface area contributed by atoms with Gasteiger partial charge < -0.3 is 20.1 Å². The fourth-order valence-electron chi connectivity index (χ4n) is 2.62. The largest absolute Gasteiger partial charge is 0.493 e. The Kier molecular flexibility index (Phi) is 5.51. The zero-order chi connectivity index (χ0) is 17.5. The molecule has 0 aromatic heterocycles. The molecular weight excluding hydrogens is 320 g/mol. The maximum Gasteiger partial charge on any atom is 0.407 e. The highest BCUT2D eigenvalue weighted by Gasteiger charge is 2.23. The van der Waals surface area contributed by atoms with E-state index in [0.717, 1.165) is 16.9 Å². The number of benzene rings is 2. The fraction of sp³-hybridized carbons (Fsp3) is 0.263. The Morgan fingerprint density at radius 1 is 1.04 bits per heavy atom. The van der Waals surface area contributed by atoms with Gasteiger partial charge in [-0.3, -0.25) is 4.79 Å². The van der Waals surface area contributed by atoms with Gasteiger partial charge in [-0.2, -0.15) is 0 Å². The van der Waals surface area contributed by atoms with Crippen LogP contribution in [0.3, 0.4) is 0 Å². The maximum absolute atomic E-state index is 11.9. The van der Waals surface area contributed by atoms with Crippen molar-refractivity contribution in [3.8, 4) is 5.75 Å². The highest BCUT2D eigenvalue weighted by molar-refractivity contribution is 5.82. The molecule has 6 nitrogen and oxygen atoms in total. The summed E-state index contributed by atoms with van der Waals surface area (Å²) < 4.78 is 10.6. The topological polar surface area (TPSA) is 76.7 Å². The van der Waals surface area contributed by atoms with Crippen molar-refractivity contribution in [1.29, 1.82) is 0 Å². The molecule has 3 rings (SSSR count). The van der Waals surface area contributed by atoms with Crippen LogP contribution in [0.5, 0.6) is 5.75 Å². The molecule has 25 heavy (non-hydrogen) atoms. The van der Waals surface area contributed by atoms with Crippen LogP contribution in [0.4, 0.5) is 4.79 Å². The molecule has 0 radical (unpaired) electrons. The molecule has 1 aliphatic rings. The van der Waals surface area contributed by atoms with E-state index in [4.69, 9.17) is 9.47 Å². The van der Waals surface area contributed by atoms with Crippen LogP contribution in [0.15, 0.2) is 54.6 Å². The standard InChI is InChI=1S/C19H20N2O4/c22-18(11-21-19(23)25-12-14-6-2-1-3-7-14)20-10-15-13-24-17-9-5-4-8-16(15)17/h1-9,15H,10-13H2,(H,20,22)(H,21,23). The summed E-state index contributed by atoms with van der Waals surface area (Å²) in [5.41, 5.74) is 1.99. The molecule has 0 fully saturated rings. The van der Waals surface area contributed by atoms with Crippen LogP contribution in [-0.4, -0.2) is 31.7 Å². The first-order valence-electron chi connectivity index (χ1n) is 8.15. The second-order valence-corrected chi connectivity index (χ2v) is 5.77. The lowest BCUT2D eigenvalue weighted by Crippen LogP contribution is -2.38. The number of alkyl carbamates (subject to hydrolysis) is 1. The summed E-state index contributed by atoms with van der Waals surface area (Å²) in [4.78, 5) is 23.5. The van der Waals surface area contributed by atoms with E-state index >= 15 is 0 Å². The Bertz CT molecular complexity index is 733. The van der Waals surface area contributed by atoms with E-state index in [0.29, 0.717) is 13.2 Å². The monoisotopic (exact) mass is 340 g/mol. The van der Waals surface area contributed by atoms with Gasteiger partial charge in [-0.05, 0) is 11.6 Å². The van der Waals surface area contributed by atoms with Crippen molar-refractivity contribution in [2.45, 2.75) is 12.5 Å². The summed E-state index contributed by atoms with van der Waals surface area (Å²) in [6.45, 7) is 1.07. The van der Waals surface area contributed by atoms with Gasteiger partial charge in [0, 0.05) is 18.0 Å².